The maximum atomic E-state index is 12.5. The fourth-order valence-corrected chi connectivity index (χ4v) is 2.69. The van der Waals surface area contributed by atoms with Crippen molar-refractivity contribution in [3.63, 3.8) is 0 Å². The standard InChI is InChI=1S/C19H20N4O2/c1-13-7-3-4-8-15(13)22-19(25)12-23-17-10-6-5-9-16(17)21-18(23)11-20-14(2)24/h3-10H,11-12H2,1-2H3,(H,20,24)(H,22,25). The van der Waals surface area contributed by atoms with Crippen LogP contribution in [0.5, 0.6) is 0 Å². The van der Waals surface area contributed by atoms with E-state index >= 15 is 0 Å². The average molecular weight is 336 g/mol. The zero-order chi connectivity index (χ0) is 17.8. The van der Waals surface area contributed by atoms with E-state index in [9.17, 15) is 9.59 Å². The number of nitrogens with one attached hydrogen (secondary N) is 2. The van der Waals surface area contributed by atoms with Gasteiger partial charge in [0.25, 0.3) is 0 Å². The van der Waals surface area contributed by atoms with Crippen molar-refractivity contribution >= 4 is 28.5 Å². The molecule has 0 atom stereocenters. The third-order valence-electron chi connectivity index (χ3n) is 3.95. The van der Waals surface area contributed by atoms with E-state index in [4.69, 9.17) is 0 Å². The molecule has 25 heavy (non-hydrogen) atoms. The van der Waals surface area contributed by atoms with Gasteiger partial charge in [-0.15, -0.1) is 0 Å². The summed E-state index contributed by atoms with van der Waals surface area (Å²) in [7, 11) is 0. The largest absolute Gasteiger partial charge is 0.349 e. The minimum atomic E-state index is -0.137. The smallest absolute Gasteiger partial charge is 0.244 e. The van der Waals surface area contributed by atoms with Crippen molar-refractivity contribution in [1.82, 2.24) is 14.9 Å². The summed E-state index contributed by atoms with van der Waals surface area (Å²) in [4.78, 5) is 28.3. The number of hydrogen-bond acceptors (Lipinski definition) is 3. The van der Waals surface area contributed by atoms with Crippen LogP contribution >= 0.6 is 0 Å². The highest BCUT2D eigenvalue weighted by Crippen LogP contribution is 2.17. The molecule has 6 heteroatoms. The molecule has 0 fully saturated rings. The number of carbonyl (C=O) groups excluding carboxylic acids is 2. The molecule has 1 aromatic heterocycles. The highest BCUT2D eigenvalue weighted by Gasteiger charge is 2.14. The topological polar surface area (TPSA) is 76.0 Å². The van der Waals surface area contributed by atoms with Gasteiger partial charge in [0, 0.05) is 12.6 Å². The van der Waals surface area contributed by atoms with Crippen LogP contribution in [0.3, 0.4) is 0 Å². The van der Waals surface area contributed by atoms with Crippen molar-refractivity contribution in [2.24, 2.45) is 0 Å². The van der Waals surface area contributed by atoms with Crippen molar-refractivity contribution in [1.29, 1.82) is 0 Å². The van der Waals surface area contributed by atoms with Gasteiger partial charge in [-0.3, -0.25) is 9.59 Å². The Morgan fingerprint density at radius 1 is 1.08 bits per heavy atom. The number of para-hydroxylation sites is 3. The first-order valence-electron chi connectivity index (χ1n) is 8.08. The maximum Gasteiger partial charge on any atom is 0.244 e. The average Bonchev–Trinajstić information content (AvgIpc) is 2.93. The molecule has 0 saturated heterocycles. The number of nitrogens with zero attached hydrogens (tertiary/aromatic N) is 2. The molecule has 0 aliphatic carbocycles. The number of rotatable bonds is 5. The summed E-state index contributed by atoms with van der Waals surface area (Å²) < 4.78 is 1.83. The molecule has 6 nitrogen and oxygen atoms in total. The Hall–Kier alpha value is -3.15. The second kappa shape index (κ2) is 7.17. The third kappa shape index (κ3) is 3.85. The fraction of sp³-hybridized carbons (Fsp3) is 0.211. The van der Waals surface area contributed by atoms with Gasteiger partial charge in [-0.25, -0.2) is 4.98 Å². The van der Waals surface area contributed by atoms with Crippen LogP contribution in [-0.4, -0.2) is 21.4 Å². The molecule has 0 aliphatic rings. The molecule has 3 rings (SSSR count). The fourth-order valence-electron chi connectivity index (χ4n) is 2.69. The van der Waals surface area contributed by atoms with Gasteiger partial charge in [0.15, 0.2) is 0 Å². The molecule has 0 aliphatic heterocycles. The third-order valence-corrected chi connectivity index (χ3v) is 3.95. The first-order valence-corrected chi connectivity index (χ1v) is 8.08. The monoisotopic (exact) mass is 336 g/mol. The van der Waals surface area contributed by atoms with Crippen LogP contribution in [0.1, 0.15) is 18.3 Å². The van der Waals surface area contributed by atoms with E-state index in [1.807, 2.05) is 60.0 Å². The summed E-state index contributed by atoms with van der Waals surface area (Å²) in [6.45, 7) is 3.81. The number of benzene rings is 2. The molecular formula is C19H20N4O2. The Bertz CT molecular complexity index is 930. The molecule has 0 spiro atoms. The Kier molecular flexibility index (Phi) is 4.79. The Morgan fingerprint density at radius 2 is 1.80 bits per heavy atom. The summed E-state index contributed by atoms with van der Waals surface area (Å²) in [6.07, 6.45) is 0. The summed E-state index contributed by atoms with van der Waals surface area (Å²) in [5, 5.41) is 5.67. The Labute approximate surface area is 145 Å². The second-order valence-electron chi connectivity index (χ2n) is 5.88. The Morgan fingerprint density at radius 3 is 2.56 bits per heavy atom. The van der Waals surface area contributed by atoms with Gasteiger partial charge in [0.1, 0.15) is 12.4 Å². The number of aryl methyl sites for hydroxylation is 1. The molecule has 0 saturated carbocycles. The lowest BCUT2D eigenvalue weighted by Gasteiger charge is -2.11. The van der Waals surface area contributed by atoms with Crippen LogP contribution in [0, 0.1) is 6.92 Å². The number of imidazole rings is 1. The van der Waals surface area contributed by atoms with Gasteiger partial charge in [-0.05, 0) is 30.7 Å². The van der Waals surface area contributed by atoms with E-state index in [2.05, 4.69) is 15.6 Å². The zero-order valence-corrected chi connectivity index (χ0v) is 14.2. The number of carbonyl (C=O) groups is 2. The lowest BCUT2D eigenvalue weighted by molar-refractivity contribution is -0.119. The predicted molar refractivity (Wildman–Crippen MR) is 97.1 cm³/mol. The molecular weight excluding hydrogens is 316 g/mol. The van der Waals surface area contributed by atoms with Gasteiger partial charge in [0.2, 0.25) is 11.8 Å². The summed E-state index contributed by atoms with van der Waals surface area (Å²) in [5.74, 6) is 0.376. The minimum Gasteiger partial charge on any atom is -0.349 e. The number of aromatic nitrogens is 2. The van der Waals surface area contributed by atoms with E-state index in [1.54, 1.807) is 0 Å². The second-order valence-corrected chi connectivity index (χ2v) is 5.88. The van der Waals surface area contributed by atoms with Crippen molar-refractivity contribution in [2.45, 2.75) is 26.9 Å². The van der Waals surface area contributed by atoms with Crippen molar-refractivity contribution < 1.29 is 9.59 Å². The van der Waals surface area contributed by atoms with Crippen LogP contribution in [0.25, 0.3) is 11.0 Å². The normalized spacial score (nSPS) is 10.6. The van der Waals surface area contributed by atoms with Crippen molar-refractivity contribution in [2.75, 3.05) is 5.32 Å². The number of amides is 2. The summed E-state index contributed by atoms with van der Waals surface area (Å²) in [5.41, 5.74) is 3.46. The minimum absolute atomic E-state index is 0.129. The number of fused-ring (bicyclic) bond motifs is 1. The number of hydrogen-bond donors (Lipinski definition) is 2. The van der Waals surface area contributed by atoms with E-state index in [0.29, 0.717) is 5.82 Å². The van der Waals surface area contributed by atoms with Crippen LogP contribution in [0.15, 0.2) is 48.5 Å². The van der Waals surface area contributed by atoms with E-state index in [0.717, 1.165) is 22.3 Å². The molecule has 0 bridgehead atoms. The number of anilines is 1. The van der Waals surface area contributed by atoms with Crippen LogP contribution in [0.4, 0.5) is 5.69 Å². The predicted octanol–water partition coefficient (Wildman–Crippen LogP) is 2.62. The molecule has 2 N–H and O–H groups in total. The molecule has 128 valence electrons. The lowest BCUT2D eigenvalue weighted by Crippen LogP contribution is -2.25. The van der Waals surface area contributed by atoms with Gasteiger partial charge >= 0.3 is 0 Å². The highest BCUT2D eigenvalue weighted by molar-refractivity contribution is 5.92. The maximum absolute atomic E-state index is 12.5. The van der Waals surface area contributed by atoms with Gasteiger partial charge in [0.05, 0.1) is 17.6 Å². The van der Waals surface area contributed by atoms with Crippen LogP contribution in [-0.2, 0) is 22.7 Å². The highest BCUT2D eigenvalue weighted by atomic mass is 16.2. The summed E-state index contributed by atoms with van der Waals surface area (Å²) in [6, 6.07) is 15.2. The van der Waals surface area contributed by atoms with Gasteiger partial charge < -0.3 is 15.2 Å². The van der Waals surface area contributed by atoms with Crippen molar-refractivity contribution in [3.05, 3.63) is 59.9 Å². The molecule has 2 aromatic carbocycles. The van der Waals surface area contributed by atoms with E-state index in [-0.39, 0.29) is 24.9 Å². The first kappa shape index (κ1) is 16.7. The van der Waals surface area contributed by atoms with Crippen LogP contribution in [0.2, 0.25) is 0 Å². The van der Waals surface area contributed by atoms with E-state index < -0.39 is 0 Å². The molecule has 2 amide bonds. The first-order chi connectivity index (χ1) is 12.0. The van der Waals surface area contributed by atoms with E-state index in [1.165, 1.54) is 6.92 Å². The zero-order valence-electron chi connectivity index (χ0n) is 14.2. The van der Waals surface area contributed by atoms with Gasteiger partial charge in [-0.1, -0.05) is 30.3 Å². The van der Waals surface area contributed by atoms with Crippen molar-refractivity contribution in [3.8, 4) is 0 Å². The molecule has 1 heterocycles. The quantitative estimate of drug-likeness (QED) is 0.752. The van der Waals surface area contributed by atoms with Gasteiger partial charge in [-0.2, -0.15) is 0 Å². The summed E-state index contributed by atoms with van der Waals surface area (Å²) >= 11 is 0. The molecule has 0 unspecified atom stereocenters. The van der Waals surface area contributed by atoms with Crippen LogP contribution < -0.4 is 10.6 Å². The lowest BCUT2D eigenvalue weighted by atomic mass is 10.2. The SMILES string of the molecule is CC(=O)NCc1nc2ccccc2n1CC(=O)Nc1ccccc1C. The molecule has 3 aromatic rings. The molecule has 0 radical (unpaired) electrons. The Balaban J connectivity index is 1.86.